The van der Waals surface area contributed by atoms with Crippen LogP contribution in [0.3, 0.4) is 0 Å². The molecule has 2 aromatic carbocycles. The van der Waals surface area contributed by atoms with Gasteiger partial charge in [-0.25, -0.2) is 9.67 Å². The SMILES string of the molecule is Cc1c(N=Cc2cc(C(C)(C)C)c(O)c(C(C)(C)C)c2)c(=O)n(-c2ccccc2)n1C. The molecule has 1 heterocycles. The van der Waals surface area contributed by atoms with Gasteiger partial charge in [0.25, 0.3) is 5.56 Å². The lowest BCUT2D eigenvalue weighted by molar-refractivity contribution is 0.423. The fraction of sp³-hybridized carbons (Fsp3) is 0.385. The third-order valence-corrected chi connectivity index (χ3v) is 5.61. The maximum Gasteiger partial charge on any atom is 0.297 e. The molecule has 0 atom stereocenters. The first-order valence-electron chi connectivity index (χ1n) is 10.6. The van der Waals surface area contributed by atoms with Crippen molar-refractivity contribution in [3.63, 3.8) is 0 Å². The molecule has 3 aromatic rings. The Labute approximate surface area is 184 Å². The quantitative estimate of drug-likeness (QED) is 0.567. The van der Waals surface area contributed by atoms with Gasteiger partial charge < -0.3 is 5.11 Å². The van der Waals surface area contributed by atoms with Gasteiger partial charge >= 0.3 is 0 Å². The van der Waals surface area contributed by atoms with Gasteiger partial charge in [0.15, 0.2) is 5.69 Å². The standard InChI is InChI=1S/C26H33N3O2/c1-17-22(24(31)29(28(17)8)19-12-10-9-11-13-19)27-16-18-14-20(25(2,3)4)23(30)21(15-18)26(5,6)7/h9-16,30H,1-8H3. The zero-order chi connectivity index (χ0) is 23.1. The Bertz CT molecular complexity index is 1150. The highest BCUT2D eigenvalue weighted by molar-refractivity contribution is 5.83. The van der Waals surface area contributed by atoms with Crippen molar-refractivity contribution < 1.29 is 5.11 Å². The first-order chi connectivity index (χ1) is 14.3. The van der Waals surface area contributed by atoms with E-state index in [4.69, 9.17) is 0 Å². The van der Waals surface area contributed by atoms with Gasteiger partial charge in [-0.2, -0.15) is 0 Å². The molecule has 0 saturated heterocycles. The van der Waals surface area contributed by atoms with Crippen LogP contribution in [0.4, 0.5) is 5.69 Å². The van der Waals surface area contributed by atoms with Crippen molar-refractivity contribution in [2.45, 2.75) is 59.3 Å². The van der Waals surface area contributed by atoms with Crippen LogP contribution in [0.2, 0.25) is 0 Å². The molecule has 0 unspecified atom stereocenters. The number of aromatic nitrogens is 2. The summed E-state index contributed by atoms with van der Waals surface area (Å²) in [4.78, 5) is 17.7. The van der Waals surface area contributed by atoms with E-state index in [0.717, 1.165) is 28.1 Å². The minimum absolute atomic E-state index is 0.159. The summed E-state index contributed by atoms with van der Waals surface area (Å²) in [6.07, 6.45) is 1.73. The zero-order valence-electron chi connectivity index (χ0n) is 19.8. The third-order valence-electron chi connectivity index (χ3n) is 5.61. The lowest BCUT2D eigenvalue weighted by atomic mass is 9.78. The van der Waals surface area contributed by atoms with Crippen molar-refractivity contribution in [2.24, 2.45) is 12.0 Å². The van der Waals surface area contributed by atoms with Crippen molar-refractivity contribution in [3.05, 3.63) is 75.2 Å². The molecule has 1 aromatic heterocycles. The van der Waals surface area contributed by atoms with Gasteiger partial charge in [-0.3, -0.25) is 9.48 Å². The number of aromatic hydroxyl groups is 1. The summed E-state index contributed by atoms with van der Waals surface area (Å²) in [6, 6.07) is 13.5. The first kappa shape index (κ1) is 22.6. The monoisotopic (exact) mass is 419 g/mol. The van der Waals surface area contributed by atoms with Crippen LogP contribution in [-0.4, -0.2) is 20.7 Å². The molecule has 3 rings (SSSR count). The van der Waals surface area contributed by atoms with Crippen molar-refractivity contribution in [3.8, 4) is 11.4 Å². The number of para-hydroxylation sites is 1. The van der Waals surface area contributed by atoms with E-state index in [-0.39, 0.29) is 16.4 Å². The molecule has 31 heavy (non-hydrogen) atoms. The lowest BCUT2D eigenvalue weighted by Gasteiger charge is -2.27. The minimum atomic E-state index is -0.226. The molecule has 164 valence electrons. The molecule has 0 aliphatic heterocycles. The predicted molar refractivity (Wildman–Crippen MR) is 129 cm³/mol. The number of hydrogen-bond donors (Lipinski definition) is 1. The molecule has 0 radical (unpaired) electrons. The van der Waals surface area contributed by atoms with Crippen molar-refractivity contribution >= 4 is 11.9 Å². The number of benzene rings is 2. The van der Waals surface area contributed by atoms with Crippen LogP contribution in [0.15, 0.2) is 52.3 Å². The topological polar surface area (TPSA) is 59.5 Å². The molecule has 0 aliphatic rings. The zero-order valence-corrected chi connectivity index (χ0v) is 19.8. The van der Waals surface area contributed by atoms with Crippen LogP contribution >= 0.6 is 0 Å². The largest absolute Gasteiger partial charge is 0.507 e. The summed E-state index contributed by atoms with van der Waals surface area (Å²) in [7, 11) is 1.86. The van der Waals surface area contributed by atoms with E-state index in [9.17, 15) is 9.90 Å². The van der Waals surface area contributed by atoms with Gasteiger partial charge in [-0.15, -0.1) is 0 Å². The van der Waals surface area contributed by atoms with Crippen LogP contribution in [0.1, 0.15) is 63.9 Å². The summed E-state index contributed by atoms with van der Waals surface area (Å²) < 4.78 is 3.45. The Morgan fingerprint density at radius 3 is 1.94 bits per heavy atom. The van der Waals surface area contributed by atoms with Crippen LogP contribution < -0.4 is 5.56 Å². The number of rotatable bonds is 3. The van der Waals surface area contributed by atoms with E-state index in [0.29, 0.717) is 11.4 Å². The minimum Gasteiger partial charge on any atom is -0.507 e. The van der Waals surface area contributed by atoms with Crippen LogP contribution in [-0.2, 0) is 17.9 Å². The maximum atomic E-state index is 13.1. The van der Waals surface area contributed by atoms with Crippen LogP contribution in [0.25, 0.3) is 5.69 Å². The van der Waals surface area contributed by atoms with Crippen LogP contribution in [0.5, 0.6) is 5.75 Å². The summed E-state index contributed by atoms with van der Waals surface area (Å²) in [5.74, 6) is 0.333. The normalized spacial score (nSPS) is 12.6. The smallest absolute Gasteiger partial charge is 0.297 e. The molecular formula is C26H33N3O2. The summed E-state index contributed by atoms with van der Waals surface area (Å²) in [5.41, 5.74) is 3.99. The number of phenols is 1. The van der Waals surface area contributed by atoms with E-state index in [2.05, 4.69) is 46.5 Å². The Balaban J connectivity index is 2.14. The van der Waals surface area contributed by atoms with Gasteiger partial charge in [-0.05, 0) is 47.6 Å². The highest BCUT2D eigenvalue weighted by atomic mass is 16.3. The molecule has 5 nitrogen and oxygen atoms in total. The van der Waals surface area contributed by atoms with E-state index in [1.54, 1.807) is 10.9 Å². The molecule has 5 heteroatoms. The van der Waals surface area contributed by atoms with Gasteiger partial charge in [0, 0.05) is 24.4 Å². The van der Waals surface area contributed by atoms with E-state index >= 15 is 0 Å². The molecule has 1 N–H and O–H groups in total. The molecule has 0 bridgehead atoms. The van der Waals surface area contributed by atoms with Crippen molar-refractivity contribution in [2.75, 3.05) is 0 Å². The Hall–Kier alpha value is -3.08. The second-order valence-corrected chi connectivity index (χ2v) is 10.1. The average molecular weight is 420 g/mol. The Morgan fingerprint density at radius 1 is 0.935 bits per heavy atom. The number of aliphatic imine (C=N–C) groups is 1. The second-order valence-electron chi connectivity index (χ2n) is 10.1. The van der Waals surface area contributed by atoms with E-state index < -0.39 is 0 Å². The highest BCUT2D eigenvalue weighted by Crippen LogP contribution is 2.39. The average Bonchev–Trinajstić information content (AvgIpc) is 2.88. The summed E-state index contributed by atoms with van der Waals surface area (Å²) >= 11 is 0. The molecule has 0 aliphatic carbocycles. The predicted octanol–water partition coefficient (Wildman–Crippen LogP) is 5.54. The van der Waals surface area contributed by atoms with Crippen LogP contribution in [0, 0.1) is 6.92 Å². The molecule has 0 amide bonds. The van der Waals surface area contributed by atoms with E-state index in [1.165, 1.54) is 0 Å². The summed E-state index contributed by atoms with van der Waals surface area (Å²) in [5, 5.41) is 10.9. The Morgan fingerprint density at radius 2 is 1.45 bits per heavy atom. The fourth-order valence-corrected chi connectivity index (χ4v) is 3.72. The maximum absolute atomic E-state index is 13.1. The van der Waals surface area contributed by atoms with Crippen molar-refractivity contribution in [1.82, 2.24) is 9.36 Å². The lowest BCUT2D eigenvalue weighted by Crippen LogP contribution is -2.19. The van der Waals surface area contributed by atoms with Gasteiger partial charge in [0.1, 0.15) is 5.75 Å². The molecule has 0 spiro atoms. The number of hydrogen-bond acceptors (Lipinski definition) is 3. The molecular weight excluding hydrogens is 386 g/mol. The van der Waals surface area contributed by atoms with Gasteiger partial charge in [0.2, 0.25) is 0 Å². The van der Waals surface area contributed by atoms with Crippen molar-refractivity contribution in [1.29, 1.82) is 0 Å². The molecule has 0 fully saturated rings. The molecule has 0 saturated carbocycles. The van der Waals surface area contributed by atoms with Gasteiger partial charge in [0.05, 0.1) is 11.4 Å². The highest BCUT2D eigenvalue weighted by Gasteiger charge is 2.26. The summed E-state index contributed by atoms with van der Waals surface area (Å²) in [6.45, 7) is 14.4. The first-order valence-corrected chi connectivity index (χ1v) is 10.6. The van der Waals surface area contributed by atoms with E-state index in [1.807, 2.05) is 61.1 Å². The second kappa shape index (κ2) is 7.88. The number of phenolic OH excluding ortho intramolecular Hbond substituents is 1. The third kappa shape index (κ3) is 4.36. The Kier molecular flexibility index (Phi) is 5.74. The number of nitrogens with zero attached hydrogens (tertiary/aromatic N) is 3. The van der Waals surface area contributed by atoms with Gasteiger partial charge in [-0.1, -0.05) is 59.7 Å². The fourth-order valence-electron chi connectivity index (χ4n) is 3.72.